The second-order valence-electron chi connectivity index (χ2n) is 3.21. The van der Waals surface area contributed by atoms with Gasteiger partial charge in [0.25, 0.3) is 0 Å². The molecule has 0 aliphatic rings. The third kappa shape index (κ3) is 1.46. The largest absolute Gasteiger partial charge is 0.463 e. The molecule has 0 radical (unpaired) electrons. The number of furan rings is 1. The van der Waals surface area contributed by atoms with Crippen molar-refractivity contribution in [3.05, 3.63) is 36.2 Å². The smallest absolute Gasteiger partial charge is 0.150 e. The van der Waals surface area contributed by atoms with Gasteiger partial charge in [0.2, 0.25) is 0 Å². The van der Waals surface area contributed by atoms with Crippen LogP contribution in [0.1, 0.15) is 5.69 Å². The molecule has 0 aromatic carbocycles. The van der Waals surface area contributed by atoms with Gasteiger partial charge in [-0.1, -0.05) is 0 Å². The van der Waals surface area contributed by atoms with Crippen LogP contribution in [0.5, 0.6) is 0 Å². The number of aromatic nitrogens is 1. The van der Waals surface area contributed by atoms with Crippen molar-refractivity contribution in [3.8, 4) is 11.5 Å². The molecule has 0 aliphatic heterocycles. The van der Waals surface area contributed by atoms with Crippen molar-refractivity contribution in [2.75, 3.05) is 6.61 Å². The Bertz CT molecular complexity index is 401. The van der Waals surface area contributed by atoms with E-state index in [0.29, 0.717) is 6.54 Å². The molecule has 3 heteroatoms. The number of hydrogen-bond donors (Lipinski definition) is 1. The van der Waals surface area contributed by atoms with Gasteiger partial charge in [-0.3, -0.25) is 0 Å². The standard InChI is InChI=1S/C11H13NO2/c1-9-4-5-10(12(9)6-7-13)11-3-2-8-14-11/h2-5,8,13H,6-7H2,1H3. The Hall–Kier alpha value is -1.48. The van der Waals surface area contributed by atoms with E-state index >= 15 is 0 Å². The van der Waals surface area contributed by atoms with Gasteiger partial charge >= 0.3 is 0 Å². The lowest BCUT2D eigenvalue weighted by Crippen LogP contribution is -2.04. The van der Waals surface area contributed by atoms with Crippen LogP contribution in [0.25, 0.3) is 11.5 Å². The molecule has 14 heavy (non-hydrogen) atoms. The molecular formula is C11H13NO2. The summed E-state index contributed by atoms with van der Waals surface area (Å²) in [4.78, 5) is 0. The molecule has 0 spiro atoms. The molecule has 74 valence electrons. The lowest BCUT2D eigenvalue weighted by Gasteiger charge is -2.07. The molecule has 0 saturated carbocycles. The van der Waals surface area contributed by atoms with E-state index in [0.717, 1.165) is 17.1 Å². The van der Waals surface area contributed by atoms with Crippen LogP contribution in [0.4, 0.5) is 0 Å². The summed E-state index contributed by atoms with van der Waals surface area (Å²) in [5.74, 6) is 0.839. The molecule has 2 rings (SSSR count). The Labute approximate surface area is 82.6 Å². The van der Waals surface area contributed by atoms with E-state index in [-0.39, 0.29) is 6.61 Å². The third-order valence-corrected chi connectivity index (χ3v) is 2.30. The first kappa shape index (κ1) is 9.09. The Kier molecular flexibility index (Phi) is 2.41. The number of rotatable bonds is 3. The summed E-state index contributed by atoms with van der Waals surface area (Å²) in [6.07, 6.45) is 1.65. The highest BCUT2D eigenvalue weighted by atomic mass is 16.3. The van der Waals surface area contributed by atoms with Crippen molar-refractivity contribution in [2.45, 2.75) is 13.5 Å². The molecule has 0 atom stereocenters. The second-order valence-corrected chi connectivity index (χ2v) is 3.21. The summed E-state index contributed by atoms with van der Waals surface area (Å²) in [5, 5.41) is 8.93. The first-order valence-electron chi connectivity index (χ1n) is 4.64. The van der Waals surface area contributed by atoms with Crippen molar-refractivity contribution in [3.63, 3.8) is 0 Å². The lowest BCUT2D eigenvalue weighted by atomic mass is 10.3. The van der Waals surface area contributed by atoms with Gasteiger partial charge in [-0.05, 0) is 31.2 Å². The van der Waals surface area contributed by atoms with Crippen LogP contribution in [-0.2, 0) is 6.54 Å². The van der Waals surface area contributed by atoms with Crippen LogP contribution in [0.2, 0.25) is 0 Å². The SMILES string of the molecule is Cc1ccc(-c2ccco2)n1CCO. The molecule has 0 bridgehead atoms. The maximum atomic E-state index is 8.93. The molecule has 0 unspecified atom stereocenters. The minimum atomic E-state index is 0.142. The van der Waals surface area contributed by atoms with Gasteiger partial charge < -0.3 is 14.1 Å². The summed E-state index contributed by atoms with van der Waals surface area (Å²) in [7, 11) is 0. The highest BCUT2D eigenvalue weighted by Gasteiger charge is 2.08. The topological polar surface area (TPSA) is 38.3 Å². The first-order valence-corrected chi connectivity index (χ1v) is 4.64. The van der Waals surface area contributed by atoms with Crippen molar-refractivity contribution in [1.29, 1.82) is 0 Å². The van der Waals surface area contributed by atoms with Crippen LogP contribution < -0.4 is 0 Å². The fourth-order valence-electron chi connectivity index (χ4n) is 1.61. The van der Waals surface area contributed by atoms with E-state index in [4.69, 9.17) is 9.52 Å². The molecule has 2 aromatic rings. The van der Waals surface area contributed by atoms with Crippen molar-refractivity contribution in [2.24, 2.45) is 0 Å². The van der Waals surface area contributed by atoms with E-state index in [1.165, 1.54) is 0 Å². The molecule has 2 heterocycles. The quantitative estimate of drug-likeness (QED) is 0.806. The van der Waals surface area contributed by atoms with Crippen LogP contribution in [0.15, 0.2) is 34.9 Å². The molecule has 1 N–H and O–H groups in total. The van der Waals surface area contributed by atoms with Crippen molar-refractivity contribution in [1.82, 2.24) is 4.57 Å². The molecular weight excluding hydrogens is 178 g/mol. The predicted molar refractivity (Wildman–Crippen MR) is 54.0 cm³/mol. The summed E-state index contributed by atoms with van der Waals surface area (Å²) in [6.45, 7) is 2.76. The summed E-state index contributed by atoms with van der Waals surface area (Å²) < 4.78 is 7.36. The predicted octanol–water partition coefficient (Wildman–Crippen LogP) is 2.05. The van der Waals surface area contributed by atoms with Gasteiger partial charge in [-0.15, -0.1) is 0 Å². The maximum Gasteiger partial charge on any atom is 0.150 e. The molecule has 0 fully saturated rings. The maximum absolute atomic E-state index is 8.93. The van der Waals surface area contributed by atoms with E-state index in [1.54, 1.807) is 6.26 Å². The van der Waals surface area contributed by atoms with E-state index in [1.807, 2.05) is 35.8 Å². The van der Waals surface area contributed by atoms with Crippen LogP contribution in [-0.4, -0.2) is 16.3 Å². The molecule has 0 amide bonds. The lowest BCUT2D eigenvalue weighted by molar-refractivity contribution is 0.275. The Balaban J connectivity index is 2.43. The van der Waals surface area contributed by atoms with Gasteiger partial charge in [0.1, 0.15) is 5.76 Å². The first-order chi connectivity index (χ1) is 6.83. The highest BCUT2D eigenvalue weighted by molar-refractivity contribution is 5.54. The summed E-state index contributed by atoms with van der Waals surface area (Å²) in [5.41, 5.74) is 2.15. The Morgan fingerprint density at radius 2 is 2.21 bits per heavy atom. The minimum Gasteiger partial charge on any atom is -0.463 e. The zero-order valence-electron chi connectivity index (χ0n) is 8.10. The van der Waals surface area contributed by atoms with Gasteiger partial charge in [0.05, 0.1) is 18.6 Å². The number of aliphatic hydroxyl groups is 1. The third-order valence-electron chi connectivity index (χ3n) is 2.30. The fourth-order valence-corrected chi connectivity index (χ4v) is 1.61. The van der Waals surface area contributed by atoms with E-state index in [2.05, 4.69) is 0 Å². The normalized spacial score (nSPS) is 10.7. The summed E-state index contributed by atoms with van der Waals surface area (Å²) in [6, 6.07) is 7.81. The fraction of sp³-hybridized carbons (Fsp3) is 0.273. The monoisotopic (exact) mass is 191 g/mol. The highest BCUT2D eigenvalue weighted by Crippen LogP contribution is 2.22. The van der Waals surface area contributed by atoms with Crippen molar-refractivity contribution >= 4 is 0 Å². The average molecular weight is 191 g/mol. The number of aryl methyl sites for hydroxylation is 1. The molecule has 0 aliphatic carbocycles. The van der Waals surface area contributed by atoms with Crippen LogP contribution in [0.3, 0.4) is 0 Å². The van der Waals surface area contributed by atoms with Crippen LogP contribution >= 0.6 is 0 Å². The number of aliphatic hydroxyl groups excluding tert-OH is 1. The average Bonchev–Trinajstić information content (AvgIpc) is 2.77. The van der Waals surface area contributed by atoms with Crippen molar-refractivity contribution < 1.29 is 9.52 Å². The van der Waals surface area contributed by atoms with Gasteiger partial charge in [0.15, 0.2) is 0 Å². The Morgan fingerprint density at radius 1 is 1.36 bits per heavy atom. The van der Waals surface area contributed by atoms with E-state index < -0.39 is 0 Å². The van der Waals surface area contributed by atoms with E-state index in [9.17, 15) is 0 Å². The van der Waals surface area contributed by atoms with Gasteiger partial charge in [0, 0.05) is 12.2 Å². The second kappa shape index (κ2) is 3.72. The van der Waals surface area contributed by atoms with Crippen LogP contribution in [0, 0.1) is 6.92 Å². The number of nitrogens with zero attached hydrogens (tertiary/aromatic N) is 1. The zero-order chi connectivity index (χ0) is 9.97. The minimum absolute atomic E-state index is 0.142. The number of hydrogen-bond acceptors (Lipinski definition) is 2. The summed E-state index contributed by atoms with van der Waals surface area (Å²) >= 11 is 0. The van der Waals surface area contributed by atoms with Gasteiger partial charge in [-0.2, -0.15) is 0 Å². The Morgan fingerprint density at radius 3 is 2.86 bits per heavy atom. The zero-order valence-corrected chi connectivity index (χ0v) is 8.10. The molecule has 2 aromatic heterocycles. The molecule has 3 nitrogen and oxygen atoms in total. The van der Waals surface area contributed by atoms with Gasteiger partial charge in [-0.25, -0.2) is 0 Å². The molecule has 0 saturated heterocycles.